The van der Waals surface area contributed by atoms with Crippen LogP contribution in [-0.2, 0) is 9.59 Å². The van der Waals surface area contributed by atoms with E-state index in [1.165, 1.54) is 0 Å². The summed E-state index contributed by atoms with van der Waals surface area (Å²) in [4.78, 5) is 26.7. The predicted octanol–water partition coefficient (Wildman–Crippen LogP) is 0.899. The number of carbonyl (C=O) groups excluding carboxylic acids is 2. The molecule has 1 heterocycles. The van der Waals surface area contributed by atoms with Gasteiger partial charge in [-0.15, -0.1) is 0 Å². The van der Waals surface area contributed by atoms with Crippen molar-refractivity contribution < 1.29 is 9.59 Å². The van der Waals surface area contributed by atoms with Gasteiger partial charge in [-0.05, 0) is 44.0 Å². The molecular formula is C18H28N4O2. The molecule has 1 aliphatic rings. The maximum absolute atomic E-state index is 12.3. The molecule has 0 radical (unpaired) electrons. The molecule has 1 unspecified atom stereocenters. The Labute approximate surface area is 144 Å². The van der Waals surface area contributed by atoms with Crippen molar-refractivity contribution in [2.45, 2.75) is 20.8 Å². The summed E-state index contributed by atoms with van der Waals surface area (Å²) in [5.41, 5.74) is 2.90. The number of benzene rings is 1. The summed E-state index contributed by atoms with van der Waals surface area (Å²) >= 11 is 0. The number of hydrogen-bond acceptors (Lipinski definition) is 4. The van der Waals surface area contributed by atoms with E-state index >= 15 is 0 Å². The number of piperazine rings is 1. The van der Waals surface area contributed by atoms with Crippen LogP contribution >= 0.6 is 0 Å². The first kappa shape index (κ1) is 18.4. The van der Waals surface area contributed by atoms with Crippen LogP contribution in [0, 0.1) is 19.8 Å². The largest absolute Gasteiger partial charge is 0.354 e. The second-order valence-electron chi connectivity index (χ2n) is 6.47. The first-order chi connectivity index (χ1) is 11.5. The molecule has 1 aromatic rings. The van der Waals surface area contributed by atoms with Crippen LogP contribution in [0.4, 0.5) is 5.69 Å². The van der Waals surface area contributed by atoms with Gasteiger partial charge >= 0.3 is 0 Å². The fourth-order valence-corrected chi connectivity index (χ4v) is 2.84. The zero-order valence-electron chi connectivity index (χ0n) is 14.8. The molecule has 1 saturated heterocycles. The van der Waals surface area contributed by atoms with Gasteiger partial charge in [0.05, 0.1) is 0 Å². The number of amides is 2. The monoisotopic (exact) mass is 332 g/mol. The molecule has 3 N–H and O–H groups in total. The zero-order chi connectivity index (χ0) is 17.5. The van der Waals surface area contributed by atoms with E-state index in [2.05, 4.69) is 20.9 Å². The number of hydrogen-bond donors (Lipinski definition) is 3. The molecule has 1 atom stereocenters. The van der Waals surface area contributed by atoms with Crippen molar-refractivity contribution in [2.24, 2.45) is 5.92 Å². The van der Waals surface area contributed by atoms with Gasteiger partial charge in [0.15, 0.2) is 0 Å². The number of carbonyl (C=O) groups is 2. The Morgan fingerprint density at radius 3 is 2.38 bits per heavy atom. The van der Waals surface area contributed by atoms with Crippen LogP contribution in [-0.4, -0.2) is 56.0 Å². The minimum atomic E-state index is -0.714. The molecule has 0 bridgehead atoms. The Bertz CT molecular complexity index is 562. The van der Waals surface area contributed by atoms with Crippen LogP contribution < -0.4 is 16.0 Å². The first-order valence-electron chi connectivity index (χ1n) is 8.55. The number of nitrogens with one attached hydrogen (secondary N) is 3. The van der Waals surface area contributed by atoms with Crippen molar-refractivity contribution in [3.63, 3.8) is 0 Å². The normalized spacial score (nSPS) is 16.5. The number of anilines is 1. The standard InChI is InChI=1S/C18H28N4O2/c1-13-10-14(2)12-16(11-13)21-18(24)15(3)17(23)20-6-9-22-7-4-19-5-8-22/h10-12,15,19H,4-9H2,1-3H3,(H,20,23)(H,21,24). The van der Waals surface area contributed by atoms with E-state index in [0.29, 0.717) is 6.54 Å². The minimum absolute atomic E-state index is 0.230. The van der Waals surface area contributed by atoms with E-state index in [4.69, 9.17) is 0 Å². The summed E-state index contributed by atoms with van der Waals surface area (Å²) in [5, 5.41) is 8.98. The van der Waals surface area contributed by atoms with Gasteiger partial charge in [0, 0.05) is 45.0 Å². The third-order valence-electron chi connectivity index (χ3n) is 4.21. The first-order valence-corrected chi connectivity index (χ1v) is 8.55. The van der Waals surface area contributed by atoms with Gasteiger partial charge in [0.25, 0.3) is 0 Å². The molecule has 24 heavy (non-hydrogen) atoms. The lowest BCUT2D eigenvalue weighted by molar-refractivity contribution is -0.131. The molecule has 0 spiro atoms. The molecule has 0 aliphatic carbocycles. The molecule has 1 aliphatic heterocycles. The molecule has 6 heteroatoms. The van der Waals surface area contributed by atoms with Gasteiger partial charge in [-0.2, -0.15) is 0 Å². The van der Waals surface area contributed by atoms with E-state index in [0.717, 1.165) is 49.5 Å². The van der Waals surface area contributed by atoms with Crippen LogP contribution in [0.15, 0.2) is 18.2 Å². The number of nitrogens with zero attached hydrogens (tertiary/aromatic N) is 1. The highest BCUT2D eigenvalue weighted by Crippen LogP contribution is 2.14. The molecule has 1 fully saturated rings. The van der Waals surface area contributed by atoms with Crippen LogP contribution in [0.2, 0.25) is 0 Å². The molecule has 0 saturated carbocycles. The molecule has 2 amide bonds. The topological polar surface area (TPSA) is 73.5 Å². The van der Waals surface area contributed by atoms with Crippen LogP contribution in [0.25, 0.3) is 0 Å². The predicted molar refractivity (Wildman–Crippen MR) is 96.0 cm³/mol. The quantitative estimate of drug-likeness (QED) is 0.677. The van der Waals surface area contributed by atoms with Gasteiger partial charge in [-0.3, -0.25) is 14.5 Å². The Morgan fingerprint density at radius 2 is 1.75 bits per heavy atom. The smallest absolute Gasteiger partial charge is 0.236 e. The van der Waals surface area contributed by atoms with E-state index in [1.54, 1.807) is 6.92 Å². The highest BCUT2D eigenvalue weighted by atomic mass is 16.2. The molecular weight excluding hydrogens is 304 g/mol. The lowest BCUT2D eigenvalue weighted by Crippen LogP contribution is -2.47. The summed E-state index contributed by atoms with van der Waals surface area (Å²) in [6, 6.07) is 5.85. The molecule has 2 rings (SSSR count). The fourth-order valence-electron chi connectivity index (χ4n) is 2.84. The highest BCUT2D eigenvalue weighted by molar-refractivity contribution is 6.06. The molecule has 1 aromatic carbocycles. The van der Waals surface area contributed by atoms with E-state index in [1.807, 2.05) is 32.0 Å². The summed E-state index contributed by atoms with van der Waals surface area (Å²) in [7, 11) is 0. The summed E-state index contributed by atoms with van der Waals surface area (Å²) in [5.74, 6) is -1.22. The minimum Gasteiger partial charge on any atom is -0.354 e. The van der Waals surface area contributed by atoms with Gasteiger partial charge in [0.1, 0.15) is 5.92 Å². The lowest BCUT2D eigenvalue weighted by Gasteiger charge is -2.27. The third-order valence-corrected chi connectivity index (χ3v) is 4.21. The average Bonchev–Trinajstić information content (AvgIpc) is 2.54. The SMILES string of the molecule is Cc1cc(C)cc(NC(=O)C(C)C(=O)NCCN2CCNCC2)c1. The Morgan fingerprint density at radius 1 is 1.12 bits per heavy atom. The fraction of sp³-hybridized carbons (Fsp3) is 0.556. The van der Waals surface area contributed by atoms with Crippen molar-refractivity contribution >= 4 is 17.5 Å². The van der Waals surface area contributed by atoms with Crippen molar-refractivity contribution in [1.29, 1.82) is 0 Å². The van der Waals surface area contributed by atoms with Gasteiger partial charge < -0.3 is 16.0 Å². The van der Waals surface area contributed by atoms with Crippen molar-refractivity contribution in [1.82, 2.24) is 15.5 Å². The molecule has 0 aromatic heterocycles. The van der Waals surface area contributed by atoms with Crippen molar-refractivity contribution in [3.8, 4) is 0 Å². The van der Waals surface area contributed by atoms with Gasteiger partial charge in [0.2, 0.25) is 11.8 Å². The molecule has 132 valence electrons. The summed E-state index contributed by atoms with van der Waals surface area (Å²) in [6.45, 7) is 11.0. The molecule has 6 nitrogen and oxygen atoms in total. The maximum Gasteiger partial charge on any atom is 0.236 e. The van der Waals surface area contributed by atoms with E-state index in [9.17, 15) is 9.59 Å². The second-order valence-corrected chi connectivity index (χ2v) is 6.47. The van der Waals surface area contributed by atoms with Crippen LogP contribution in [0.3, 0.4) is 0 Å². The van der Waals surface area contributed by atoms with E-state index < -0.39 is 5.92 Å². The Hall–Kier alpha value is -1.92. The highest BCUT2D eigenvalue weighted by Gasteiger charge is 2.21. The lowest BCUT2D eigenvalue weighted by atomic mass is 10.1. The Balaban J connectivity index is 1.77. The Kier molecular flexibility index (Phi) is 6.75. The van der Waals surface area contributed by atoms with Crippen molar-refractivity contribution in [2.75, 3.05) is 44.6 Å². The third kappa shape index (κ3) is 5.62. The number of rotatable bonds is 6. The average molecular weight is 332 g/mol. The summed E-state index contributed by atoms with van der Waals surface area (Å²) < 4.78 is 0. The van der Waals surface area contributed by atoms with E-state index in [-0.39, 0.29) is 11.8 Å². The van der Waals surface area contributed by atoms with Gasteiger partial charge in [-0.1, -0.05) is 6.07 Å². The second kappa shape index (κ2) is 8.80. The van der Waals surface area contributed by atoms with Gasteiger partial charge in [-0.25, -0.2) is 0 Å². The number of aryl methyl sites for hydroxylation is 2. The summed E-state index contributed by atoms with van der Waals surface area (Å²) in [6.07, 6.45) is 0. The van der Waals surface area contributed by atoms with Crippen molar-refractivity contribution in [3.05, 3.63) is 29.3 Å². The maximum atomic E-state index is 12.3. The van der Waals surface area contributed by atoms with Crippen LogP contribution in [0.5, 0.6) is 0 Å². The zero-order valence-corrected chi connectivity index (χ0v) is 14.8. The van der Waals surface area contributed by atoms with Crippen LogP contribution in [0.1, 0.15) is 18.1 Å².